The molecule has 81 valence electrons. The molecule has 0 fully saturated rings. The van der Waals surface area contributed by atoms with Crippen LogP contribution in [0.1, 0.15) is 0 Å². The lowest BCUT2D eigenvalue weighted by Gasteiger charge is -2.02. The molecule has 0 aromatic heterocycles. The van der Waals surface area contributed by atoms with E-state index in [1.54, 1.807) is 0 Å². The van der Waals surface area contributed by atoms with Crippen LogP contribution in [0.2, 0.25) is 0 Å². The van der Waals surface area contributed by atoms with Crippen LogP contribution in [0.4, 0.5) is 5.69 Å². The molecule has 1 radical (unpaired) electrons. The van der Waals surface area contributed by atoms with Crippen molar-refractivity contribution in [2.75, 3.05) is 7.11 Å². The maximum Gasteiger partial charge on any atom is 0.293 e. The summed E-state index contributed by atoms with van der Waals surface area (Å²) in [5, 5.41) is 17.3. The molecule has 0 aliphatic carbocycles. The van der Waals surface area contributed by atoms with Crippen molar-refractivity contribution in [3.63, 3.8) is 0 Å². The van der Waals surface area contributed by atoms with Crippen LogP contribution in [-0.4, -0.2) is 20.5 Å². The van der Waals surface area contributed by atoms with Gasteiger partial charge < -0.3 is 4.74 Å². The first kappa shape index (κ1) is 11.4. The third-order valence-electron chi connectivity index (χ3n) is 1.65. The molecule has 0 spiro atoms. The Balaban J connectivity index is 3.48. The molecule has 1 rings (SSSR count). The molecule has 8 heteroatoms. The molecule has 0 bridgehead atoms. The van der Waals surface area contributed by atoms with Crippen LogP contribution in [0.3, 0.4) is 0 Å². The molecule has 0 unspecified atom stereocenters. The molecule has 0 amide bonds. The van der Waals surface area contributed by atoms with E-state index in [2.05, 4.69) is 0 Å². The van der Waals surface area contributed by atoms with Crippen LogP contribution < -0.4 is 9.88 Å². The van der Waals surface area contributed by atoms with Gasteiger partial charge in [0.05, 0.1) is 18.1 Å². The number of nitrogens with one attached hydrogen (secondary N) is 1. The van der Waals surface area contributed by atoms with E-state index in [0.29, 0.717) is 0 Å². The van der Waals surface area contributed by atoms with E-state index in [-0.39, 0.29) is 5.75 Å². The van der Waals surface area contributed by atoms with Gasteiger partial charge in [0.2, 0.25) is 0 Å². The SMILES string of the molecule is COc1ccc(S([NH])(=O)=O)c([N+](=O)[O-])c1. The molecule has 0 aliphatic heterocycles. The van der Waals surface area contributed by atoms with Crippen molar-refractivity contribution >= 4 is 15.7 Å². The van der Waals surface area contributed by atoms with Crippen molar-refractivity contribution in [1.29, 1.82) is 0 Å². The third kappa shape index (κ3) is 2.42. The second-order valence-corrected chi connectivity index (χ2v) is 4.04. The number of hydrogen-bond donors (Lipinski definition) is 0. The number of nitro groups is 1. The highest BCUT2D eigenvalue weighted by Gasteiger charge is 2.23. The number of sulfonamides is 1. The smallest absolute Gasteiger partial charge is 0.293 e. The summed E-state index contributed by atoms with van der Waals surface area (Å²) < 4.78 is 26.5. The summed E-state index contributed by atoms with van der Waals surface area (Å²) in [5.74, 6) is 0.161. The highest BCUT2D eigenvalue weighted by molar-refractivity contribution is 7.89. The fourth-order valence-electron chi connectivity index (χ4n) is 0.994. The van der Waals surface area contributed by atoms with Crippen molar-refractivity contribution in [2.45, 2.75) is 4.90 Å². The minimum Gasteiger partial charge on any atom is -0.497 e. The van der Waals surface area contributed by atoms with Crippen LogP contribution >= 0.6 is 0 Å². The van der Waals surface area contributed by atoms with Crippen molar-refractivity contribution in [3.8, 4) is 5.75 Å². The second kappa shape index (κ2) is 3.83. The standard InChI is InChI=1S/C7H7N2O5S/c1-14-5-2-3-7(15(8,12)13)6(4-5)9(10)11/h2-4,8H,1H3. The fraction of sp³-hybridized carbons (Fsp3) is 0.143. The lowest BCUT2D eigenvalue weighted by atomic mass is 10.3. The summed E-state index contributed by atoms with van der Waals surface area (Å²) in [6, 6.07) is 3.18. The van der Waals surface area contributed by atoms with Crippen LogP contribution in [0.25, 0.3) is 0 Å². The van der Waals surface area contributed by atoms with Crippen molar-refractivity contribution in [1.82, 2.24) is 5.14 Å². The highest BCUT2D eigenvalue weighted by Crippen LogP contribution is 2.27. The number of nitro benzene ring substituents is 1. The number of benzene rings is 1. The van der Waals surface area contributed by atoms with E-state index < -0.39 is 25.5 Å². The average Bonchev–Trinajstić information content (AvgIpc) is 2.15. The zero-order valence-electron chi connectivity index (χ0n) is 7.63. The molecule has 1 aromatic carbocycles. The Morgan fingerprint density at radius 1 is 1.47 bits per heavy atom. The molecule has 0 aliphatic rings. The average molecular weight is 231 g/mol. The van der Waals surface area contributed by atoms with E-state index in [0.717, 1.165) is 12.1 Å². The van der Waals surface area contributed by atoms with E-state index in [1.165, 1.54) is 13.2 Å². The Labute approximate surface area is 85.7 Å². The first-order valence-corrected chi connectivity index (χ1v) is 5.16. The topological polar surface area (TPSA) is 110 Å². The van der Waals surface area contributed by atoms with Gasteiger partial charge in [-0.15, -0.1) is 5.14 Å². The monoisotopic (exact) mass is 231 g/mol. The summed E-state index contributed by atoms with van der Waals surface area (Å²) in [5.41, 5.74) is -0.663. The summed E-state index contributed by atoms with van der Waals surface area (Å²) in [4.78, 5) is 9.02. The van der Waals surface area contributed by atoms with E-state index in [4.69, 9.17) is 9.88 Å². The largest absolute Gasteiger partial charge is 0.497 e. The summed E-state index contributed by atoms with van der Waals surface area (Å²) in [7, 11) is -3.05. The maximum absolute atomic E-state index is 10.9. The van der Waals surface area contributed by atoms with Crippen LogP contribution in [0.15, 0.2) is 23.1 Å². The molecule has 0 saturated carbocycles. The summed E-state index contributed by atoms with van der Waals surface area (Å²) in [6.45, 7) is 0. The van der Waals surface area contributed by atoms with E-state index >= 15 is 0 Å². The molecule has 1 aromatic rings. The number of methoxy groups -OCH3 is 1. The Kier molecular flexibility index (Phi) is 2.91. The van der Waals surface area contributed by atoms with Gasteiger partial charge in [0.15, 0.2) is 4.90 Å². The lowest BCUT2D eigenvalue weighted by Crippen LogP contribution is -2.05. The van der Waals surface area contributed by atoms with Gasteiger partial charge in [-0.25, -0.2) is 8.42 Å². The van der Waals surface area contributed by atoms with Crippen LogP contribution in [-0.2, 0) is 10.0 Å². The predicted molar refractivity (Wildman–Crippen MR) is 49.9 cm³/mol. The minimum atomic E-state index is -4.35. The van der Waals surface area contributed by atoms with Gasteiger partial charge in [0.1, 0.15) is 5.75 Å². The summed E-state index contributed by atoms with van der Waals surface area (Å²) in [6.07, 6.45) is 0. The number of nitrogens with zero attached hydrogens (tertiary/aromatic N) is 1. The minimum absolute atomic E-state index is 0.161. The van der Waals surface area contributed by atoms with Gasteiger partial charge in [-0.3, -0.25) is 10.1 Å². The van der Waals surface area contributed by atoms with Crippen molar-refractivity contribution < 1.29 is 18.1 Å². The molecular formula is C7H7N2O5S. The zero-order chi connectivity index (χ0) is 11.6. The predicted octanol–water partition coefficient (Wildman–Crippen LogP) is 0.575. The highest BCUT2D eigenvalue weighted by atomic mass is 32.2. The van der Waals surface area contributed by atoms with Gasteiger partial charge in [-0.2, -0.15) is 0 Å². The molecule has 1 N–H and O–H groups in total. The van der Waals surface area contributed by atoms with Gasteiger partial charge in [-0.1, -0.05) is 0 Å². The van der Waals surface area contributed by atoms with Gasteiger partial charge >= 0.3 is 0 Å². The Morgan fingerprint density at radius 2 is 2.07 bits per heavy atom. The Morgan fingerprint density at radius 3 is 2.47 bits per heavy atom. The van der Waals surface area contributed by atoms with E-state index in [9.17, 15) is 18.5 Å². The Hall–Kier alpha value is -1.67. The quantitative estimate of drug-likeness (QED) is 0.557. The molecule has 0 atom stereocenters. The number of ether oxygens (including phenoxy) is 1. The van der Waals surface area contributed by atoms with Gasteiger partial charge in [-0.05, 0) is 12.1 Å². The second-order valence-electron chi connectivity index (χ2n) is 2.59. The van der Waals surface area contributed by atoms with Crippen LogP contribution in [0.5, 0.6) is 5.75 Å². The van der Waals surface area contributed by atoms with Crippen molar-refractivity contribution in [3.05, 3.63) is 28.3 Å². The fourth-order valence-corrected chi connectivity index (χ4v) is 1.65. The molecular weight excluding hydrogens is 224 g/mol. The normalized spacial score (nSPS) is 11.1. The van der Waals surface area contributed by atoms with Gasteiger partial charge in [0, 0.05) is 0 Å². The number of rotatable bonds is 3. The Bertz CT molecular complexity index is 496. The van der Waals surface area contributed by atoms with Gasteiger partial charge in [0.25, 0.3) is 15.7 Å². The summed E-state index contributed by atoms with van der Waals surface area (Å²) >= 11 is 0. The maximum atomic E-state index is 10.9. The number of hydrogen-bond acceptors (Lipinski definition) is 5. The van der Waals surface area contributed by atoms with Crippen molar-refractivity contribution in [2.24, 2.45) is 0 Å². The van der Waals surface area contributed by atoms with Crippen LogP contribution in [0, 0.1) is 10.1 Å². The first-order chi connectivity index (χ1) is 6.86. The molecule has 0 saturated heterocycles. The molecule has 7 nitrogen and oxygen atoms in total. The molecule has 0 heterocycles. The molecule has 15 heavy (non-hydrogen) atoms. The third-order valence-corrected chi connectivity index (χ3v) is 2.58. The zero-order valence-corrected chi connectivity index (χ0v) is 8.45. The first-order valence-electron chi connectivity index (χ1n) is 3.68. The lowest BCUT2D eigenvalue weighted by molar-refractivity contribution is -0.387. The van der Waals surface area contributed by atoms with E-state index in [1.807, 2.05) is 0 Å².